The van der Waals surface area contributed by atoms with Gasteiger partial charge in [0, 0.05) is 11.3 Å². The van der Waals surface area contributed by atoms with Crippen LogP contribution in [0.25, 0.3) is 0 Å². The van der Waals surface area contributed by atoms with Gasteiger partial charge in [-0.1, -0.05) is 6.07 Å². The normalized spacial score (nSPS) is 9.91. The first-order valence-electron chi connectivity index (χ1n) is 3.81. The number of carbonyl (C=O) groups excluding carboxylic acids is 1. The van der Waals surface area contributed by atoms with Gasteiger partial charge in [0.2, 0.25) is 0 Å². The Labute approximate surface area is 71.1 Å². The van der Waals surface area contributed by atoms with E-state index in [1.165, 1.54) is 4.88 Å². The molecule has 0 fully saturated rings. The van der Waals surface area contributed by atoms with Gasteiger partial charge in [-0.25, -0.2) is 0 Å². The molecule has 0 saturated heterocycles. The van der Waals surface area contributed by atoms with Crippen LogP contribution in [0.3, 0.4) is 0 Å². The predicted molar refractivity (Wildman–Crippen MR) is 47.9 cm³/mol. The van der Waals surface area contributed by atoms with E-state index >= 15 is 0 Å². The highest BCUT2D eigenvalue weighted by molar-refractivity contribution is 7.09. The van der Waals surface area contributed by atoms with Crippen LogP contribution in [0.5, 0.6) is 0 Å². The third-order valence-electron chi connectivity index (χ3n) is 1.53. The van der Waals surface area contributed by atoms with Crippen molar-refractivity contribution in [2.75, 3.05) is 0 Å². The molecule has 1 aromatic rings. The fraction of sp³-hybridized carbons (Fsp3) is 0.444. The molecule has 0 spiro atoms. The molecule has 2 heteroatoms. The smallest absolute Gasteiger partial charge is 0.129 e. The molecule has 0 aliphatic carbocycles. The second-order valence-corrected chi connectivity index (χ2v) is 3.67. The summed E-state index contributed by atoms with van der Waals surface area (Å²) in [4.78, 5) is 12.0. The van der Waals surface area contributed by atoms with Crippen LogP contribution in [-0.2, 0) is 11.2 Å². The lowest BCUT2D eigenvalue weighted by Gasteiger charge is -1.93. The summed E-state index contributed by atoms with van der Waals surface area (Å²) in [7, 11) is 0. The highest BCUT2D eigenvalue weighted by Gasteiger charge is 1.95. The molecule has 0 aliphatic heterocycles. The lowest BCUT2D eigenvalue weighted by molar-refractivity contribution is -0.117. The molecule has 0 amide bonds. The molecule has 0 unspecified atom stereocenters. The molecule has 11 heavy (non-hydrogen) atoms. The van der Waals surface area contributed by atoms with Crippen molar-refractivity contribution < 1.29 is 4.79 Å². The first kappa shape index (κ1) is 8.47. The summed E-state index contributed by atoms with van der Waals surface area (Å²) in [5.74, 6) is 0.293. The summed E-state index contributed by atoms with van der Waals surface area (Å²) in [6.07, 6.45) is 2.77. The predicted octanol–water partition coefficient (Wildman–Crippen LogP) is 2.66. The maximum absolute atomic E-state index is 10.6. The first-order valence-corrected chi connectivity index (χ1v) is 4.69. The summed E-state index contributed by atoms with van der Waals surface area (Å²) in [6, 6.07) is 4.17. The van der Waals surface area contributed by atoms with E-state index in [2.05, 4.69) is 11.4 Å². The van der Waals surface area contributed by atoms with Crippen LogP contribution in [0.2, 0.25) is 0 Å². The Balaban J connectivity index is 2.19. The Kier molecular flexibility index (Phi) is 3.30. The maximum Gasteiger partial charge on any atom is 0.129 e. The highest BCUT2D eigenvalue weighted by Crippen LogP contribution is 2.11. The Bertz CT molecular complexity index is 213. The lowest BCUT2D eigenvalue weighted by Crippen LogP contribution is -1.90. The molecule has 60 valence electrons. The van der Waals surface area contributed by atoms with E-state index in [1.54, 1.807) is 18.3 Å². The average molecular weight is 168 g/mol. The maximum atomic E-state index is 10.6. The summed E-state index contributed by atoms with van der Waals surface area (Å²) < 4.78 is 0. The topological polar surface area (TPSA) is 17.1 Å². The minimum atomic E-state index is 0.293. The number of Topliss-reactive ketones (excluding diaryl/α,β-unsaturated/α-hetero) is 1. The lowest BCUT2D eigenvalue weighted by atomic mass is 10.2. The van der Waals surface area contributed by atoms with Crippen LogP contribution in [0.15, 0.2) is 17.5 Å². The number of carbonyl (C=O) groups is 1. The monoisotopic (exact) mass is 168 g/mol. The molecular formula is C9H12OS. The van der Waals surface area contributed by atoms with Gasteiger partial charge >= 0.3 is 0 Å². The Morgan fingerprint density at radius 3 is 3.00 bits per heavy atom. The molecule has 1 heterocycles. The highest BCUT2D eigenvalue weighted by atomic mass is 32.1. The summed E-state index contributed by atoms with van der Waals surface area (Å²) in [5, 5.41) is 2.07. The number of ketones is 1. The molecule has 0 atom stereocenters. The average Bonchev–Trinajstić information content (AvgIpc) is 2.39. The zero-order chi connectivity index (χ0) is 8.10. The molecule has 0 N–H and O–H groups in total. The van der Waals surface area contributed by atoms with Crippen LogP contribution < -0.4 is 0 Å². The molecule has 1 nitrogen and oxygen atoms in total. The Morgan fingerprint density at radius 1 is 1.64 bits per heavy atom. The summed E-state index contributed by atoms with van der Waals surface area (Å²) >= 11 is 1.76. The van der Waals surface area contributed by atoms with Crippen molar-refractivity contribution in [1.29, 1.82) is 0 Å². The van der Waals surface area contributed by atoms with Crippen LogP contribution in [-0.4, -0.2) is 5.78 Å². The molecule has 1 aromatic heterocycles. The molecule has 0 bridgehead atoms. The van der Waals surface area contributed by atoms with Crippen molar-refractivity contribution in [1.82, 2.24) is 0 Å². The van der Waals surface area contributed by atoms with E-state index in [1.807, 2.05) is 6.07 Å². The number of aryl methyl sites for hydroxylation is 1. The zero-order valence-electron chi connectivity index (χ0n) is 6.67. The molecular weight excluding hydrogens is 156 g/mol. The van der Waals surface area contributed by atoms with E-state index < -0.39 is 0 Å². The number of thiophene rings is 1. The standard InChI is InChI=1S/C9H12OS/c1-8(10)4-2-5-9-6-3-7-11-9/h3,6-7H,2,4-5H2,1H3. The molecule has 0 saturated carbocycles. The van der Waals surface area contributed by atoms with E-state index in [4.69, 9.17) is 0 Å². The SMILES string of the molecule is CC(=O)CCCc1cccs1. The van der Waals surface area contributed by atoms with Gasteiger partial charge in [-0.05, 0) is 31.2 Å². The van der Waals surface area contributed by atoms with Gasteiger partial charge in [0.25, 0.3) is 0 Å². The van der Waals surface area contributed by atoms with E-state index in [-0.39, 0.29) is 0 Å². The van der Waals surface area contributed by atoms with Gasteiger partial charge in [-0.2, -0.15) is 0 Å². The Morgan fingerprint density at radius 2 is 2.45 bits per heavy atom. The van der Waals surface area contributed by atoms with Crippen molar-refractivity contribution in [2.24, 2.45) is 0 Å². The fourth-order valence-electron chi connectivity index (χ4n) is 0.966. The largest absolute Gasteiger partial charge is 0.300 e. The number of rotatable bonds is 4. The van der Waals surface area contributed by atoms with Crippen molar-refractivity contribution in [3.8, 4) is 0 Å². The van der Waals surface area contributed by atoms with E-state index in [0.29, 0.717) is 5.78 Å². The Hall–Kier alpha value is -0.630. The van der Waals surface area contributed by atoms with E-state index in [0.717, 1.165) is 19.3 Å². The van der Waals surface area contributed by atoms with E-state index in [9.17, 15) is 4.79 Å². The molecule has 1 rings (SSSR count). The first-order chi connectivity index (χ1) is 5.29. The second-order valence-electron chi connectivity index (χ2n) is 2.63. The second kappa shape index (κ2) is 4.29. The van der Waals surface area contributed by atoms with Gasteiger partial charge in [0.05, 0.1) is 0 Å². The third-order valence-corrected chi connectivity index (χ3v) is 2.47. The summed E-state index contributed by atoms with van der Waals surface area (Å²) in [5.41, 5.74) is 0. The van der Waals surface area contributed by atoms with Crippen molar-refractivity contribution in [3.05, 3.63) is 22.4 Å². The van der Waals surface area contributed by atoms with Gasteiger partial charge < -0.3 is 4.79 Å². The van der Waals surface area contributed by atoms with Crippen LogP contribution in [0.1, 0.15) is 24.6 Å². The van der Waals surface area contributed by atoms with Crippen LogP contribution in [0, 0.1) is 0 Å². The van der Waals surface area contributed by atoms with Crippen LogP contribution >= 0.6 is 11.3 Å². The molecule has 0 aromatic carbocycles. The number of hydrogen-bond donors (Lipinski definition) is 0. The van der Waals surface area contributed by atoms with Crippen LogP contribution in [0.4, 0.5) is 0 Å². The van der Waals surface area contributed by atoms with Crippen molar-refractivity contribution in [2.45, 2.75) is 26.2 Å². The zero-order valence-corrected chi connectivity index (χ0v) is 7.49. The third kappa shape index (κ3) is 3.33. The minimum absolute atomic E-state index is 0.293. The quantitative estimate of drug-likeness (QED) is 0.675. The fourth-order valence-corrected chi connectivity index (χ4v) is 1.72. The summed E-state index contributed by atoms with van der Waals surface area (Å²) in [6.45, 7) is 1.65. The van der Waals surface area contributed by atoms with Gasteiger partial charge in [0.15, 0.2) is 0 Å². The van der Waals surface area contributed by atoms with Gasteiger partial charge in [0.1, 0.15) is 5.78 Å². The minimum Gasteiger partial charge on any atom is -0.300 e. The number of hydrogen-bond acceptors (Lipinski definition) is 2. The molecule has 0 aliphatic rings. The van der Waals surface area contributed by atoms with Crippen molar-refractivity contribution in [3.63, 3.8) is 0 Å². The molecule has 0 radical (unpaired) electrons. The van der Waals surface area contributed by atoms with Gasteiger partial charge in [-0.3, -0.25) is 0 Å². The van der Waals surface area contributed by atoms with Gasteiger partial charge in [-0.15, -0.1) is 11.3 Å². The van der Waals surface area contributed by atoms with Crippen molar-refractivity contribution >= 4 is 17.1 Å².